The van der Waals surface area contributed by atoms with Crippen LogP contribution in [0.4, 0.5) is 0 Å². The van der Waals surface area contributed by atoms with E-state index >= 15 is 0 Å². The lowest BCUT2D eigenvalue weighted by atomic mass is 9.87. The van der Waals surface area contributed by atoms with E-state index in [0.29, 0.717) is 0 Å². The molecular formula is C14H21NO3. The first-order valence-electron chi connectivity index (χ1n) is 6.05. The summed E-state index contributed by atoms with van der Waals surface area (Å²) in [5.74, 6) is 0. The van der Waals surface area contributed by atoms with Gasteiger partial charge in [-0.05, 0) is 17.4 Å². The SMILES string of the molecule is CC(C)(C)CC1=CC=CC(C)(CO[N+](=O)[O-])C=C1. The van der Waals surface area contributed by atoms with E-state index in [9.17, 15) is 10.1 Å². The molecule has 4 nitrogen and oxygen atoms in total. The van der Waals surface area contributed by atoms with Crippen molar-refractivity contribution in [3.8, 4) is 0 Å². The van der Waals surface area contributed by atoms with Crippen LogP contribution in [0.25, 0.3) is 0 Å². The van der Waals surface area contributed by atoms with E-state index in [1.54, 1.807) is 0 Å². The second-order valence-electron chi connectivity index (χ2n) is 6.17. The topological polar surface area (TPSA) is 52.4 Å². The van der Waals surface area contributed by atoms with E-state index in [1.165, 1.54) is 5.57 Å². The zero-order chi connectivity index (χ0) is 13.8. The molecule has 0 saturated carbocycles. The number of allylic oxidation sites excluding steroid dienone is 4. The molecule has 0 saturated heterocycles. The van der Waals surface area contributed by atoms with Gasteiger partial charge in [-0.25, -0.2) is 0 Å². The molecule has 1 aliphatic carbocycles. The molecule has 0 radical (unpaired) electrons. The Hall–Kier alpha value is -1.58. The molecule has 0 aromatic carbocycles. The first kappa shape index (κ1) is 14.5. The Morgan fingerprint density at radius 2 is 2.06 bits per heavy atom. The van der Waals surface area contributed by atoms with Crippen molar-refractivity contribution in [3.05, 3.63) is 46.1 Å². The summed E-state index contributed by atoms with van der Waals surface area (Å²) in [5, 5.41) is 9.50. The van der Waals surface area contributed by atoms with Crippen LogP contribution in [-0.4, -0.2) is 11.7 Å². The molecular weight excluding hydrogens is 230 g/mol. The first-order valence-corrected chi connectivity index (χ1v) is 6.05. The van der Waals surface area contributed by atoms with Gasteiger partial charge < -0.3 is 4.84 Å². The van der Waals surface area contributed by atoms with Crippen LogP contribution in [-0.2, 0) is 4.84 Å². The zero-order valence-corrected chi connectivity index (χ0v) is 11.5. The second kappa shape index (κ2) is 5.38. The highest BCUT2D eigenvalue weighted by molar-refractivity contribution is 5.32. The lowest BCUT2D eigenvalue weighted by molar-refractivity contribution is -0.759. The van der Waals surface area contributed by atoms with Crippen LogP contribution < -0.4 is 0 Å². The summed E-state index contributed by atoms with van der Waals surface area (Å²) < 4.78 is 0. The fourth-order valence-electron chi connectivity index (χ4n) is 1.82. The number of hydrogen-bond donors (Lipinski definition) is 0. The Bertz CT molecular complexity index is 402. The van der Waals surface area contributed by atoms with E-state index in [0.717, 1.165) is 6.42 Å². The Labute approximate surface area is 108 Å². The van der Waals surface area contributed by atoms with Gasteiger partial charge in [0.25, 0.3) is 5.09 Å². The predicted octanol–water partition coefficient (Wildman–Crippen LogP) is 3.69. The maximum atomic E-state index is 10.2. The maximum absolute atomic E-state index is 10.2. The van der Waals surface area contributed by atoms with Crippen LogP contribution in [0.2, 0.25) is 0 Å². The van der Waals surface area contributed by atoms with Gasteiger partial charge in [0.2, 0.25) is 0 Å². The lowest BCUT2D eigenvalue weighted by Crippen LogP contribution is -2.20. The molecule has 0 aromatic rings. The monoisotopic (exact) mass is 251 g/mol. The van der Waals surface area contributed by atoms with Crippen LogP contribution in [0.5, 0.6) is 0 Å². The lowest BCUT2D eigenvalue weighted by Gasteiger charge is -2.20. The average molecular weight is 251 g/mol. The van der Waals surface area contributed by atoms with Gasteiger partial charge >= 0.3 is 0 Å². The minimum atomic E-state index is -0.749. The molecule has 1 rings (SSSR count). The summed E-state index contributed by atoms with van der Waals surface area (Å²) in [4.78, 5) is 14.7. The first-order chi connectivity index (χ1) is 8.20. The molecule has 100 valence electrons. The molecule has 0 spiro atoms. The highest BCUT2D eigenvalue weighted by Gasteiger charge is 2.21. The fourth-order valence-corrected chi connectivity index (χ4v) is 1.82. The summed E-state index contributed by atoms with van der Waals surface area (Å²) in [6.45, 7) is 8.52. The summed E-state index contributed by atoms with van der Waals surface area (Å²) in [5.41, 5.74) is 1.02. The minimum absolute atomic E-state index is 0.0453. The summed E-state index contributed by atoms with van der Waals surface area (Å²) >= 11 is 0. The molecule has 0 aromatic heterocycles. The van der Waals surface area contributed by atoms with Crippen molar-refractivity contribution < 1.29 is 9.92 Å². The van der Waals surface area contributed by atoms with E-state index in [-0.39, 0.29) is 12.0 Å². The Morgan fingerprint density at radius 3 is 2.61 bits per heavy atom. The van der Waals surface area contributed by atoms with E-state index in [2.05, 4.69) is 31.7 Å². The molecule has 1 aliphatic rings. The maximum Gasteiger partial charge on any atom is 0.294 e. The molecule has 0 N–H and O–H groups in total. The largest absolute Gasteiger partial charge is 0.313 e. The molecule has 0 fully saturated rings. The normalized spacial score (nSPS) is 23.4. The molecule has 4 heteroatoms. The van der Waals surface area contributed by atoms with Crippen molar-refractivity contribution in [1.82, 2.24) is 0 Å². The number of hydrogen-bond acceptors (Lipinski definition) is 3. The minimum Gasteiger partial charge on any atom is -0.313 e. The van der Waals surface area contributed by atoms with Gasteiger partial charge in [0, 0.05) is 5.41 Å². The summed E-state index contributed by atoms with van der Waals surface area (Å²) in [7, 11) is 0. The van der Waals surface area contributed by atoms with Crippen LogP contribution >= 0.6 is 0 Å². The van der Waals surface area contributed by atoms with Gasteiger partial charge in [0.15, 0.2) is 0 Å². The summed E-state index contributed by atoms with van der Waals surface area (Å²) in [6, 6.07) is 0. The van der Waals surface area contributed by atoms with E-state index in [4.69, 9.17) is 0 Å². The quantitative estimate of drug-likeness (QED) is 0.565. The second-order valence-corrected chi connectivity index (χ2v) is 6.17. The van der Waals surface area contributed by atoms with Gasteiger partial charge in [-0.1, -0.05) is 58.1 Å². The molecule has 1 atom stereocenters. The summed E-state index contributed by atoms with van der Waals surface area (Å²) in [6.07, 6.45) is 10.9. The molecule has 0 amide bonds. The predicted molar refractivity (Wildman–Crippen MR) is 71.5 cm³/mol. The Morgan fingerprint density at radius 1 is 1.39 bits per heavy atom. The van der Waals surface area contributed by atoms with Crippen LogP contribution in [0.1, 0.15) is 34.1 Å². The molecule has 0 bridgehead atoms. The highest BCUT2D eigenvalue weighted by Crippen LogP contribution is 2.29. The standard InChI is InChI=1S/C14H21NO3/c1-13(2,3)10-12-6-5-8-14(4,9-7-12)11-18-15(16)17/h5-9H,10-11H2,1-4H3. The number of rotatable bonds is 4. The van der Waals surface area contributed by atoms with Crippen molar-refractivity contribution >= 4 is 0 Å². The Balaban J connectivity index is 2.71. The average Bonchev–Trinajstić information content (AvgIpc) is 2.37. The van der Waals surface area contributed by atoms with Gasteiger partial charge in [-0.3, -0.25) is 0 Å². The van der Waals surface area contributed by atoms with Gasteiger partial charge in [0.05, 0.1) is 0 Å². The highest BCUT2D eigenvalue weighted by atomic mass is 16.9. The van der Waals surface area contributed by atoms with Crippen molar-refractivity contribution in [1.29, 1.82) is 0 Å². The van der Waals surface area contributed by atoms with Gasteiger partial charge in [-0.2, -0.15) is 0 Å². The third-order valence-corrected chi connectivity index (χ3v) is 2.68. The third kappa shape index (κ3) is 5.17. The van der Waals surface area contributed by atoms with Crippen molar-refractivity contribution in [2.24, 2.45) is 10.8 Å². The van der Waals surface area contributed by atoms with Crippen molar-refractivity contribution in [2.45, 2.75) is 34.1 Å². The van der Waals surface area contributed by atoms with Crippen LogP contribution in [0.15, 0.2) is 36.0 Å². The van der Waals surface area contributed by atoms with E-state index in [1.807, 2.05) is 31.2 Å². The van der Waals surface area contributed by atoms with Crippen molar-refractivity contribution in [2.75, 3.05) is 6.61 Å². The zero-order valence-electron chi connectivity index (χ0n) is 11.5. The Kier molecular flexibility index (Phi) is 4.33. The molecule has 1 unspecified atom stereocenters. The van der Waals surface area contributed by atoms with Crippen LogP contribution in [0, 0.1) is 20.9 Å². The van der Waals surface area contributed by atoms with Gasteiger partial charge in [-0.15, -0.1) is 10.1 Å². The van der Waals surface area contributed by atoms with Gasteiger partial charge in [0.1, 0.15) is 6.61 Å². The third-order valence-electron chi connectivity index (χ3n) is 2.68. The smallest absolute Gasteiger partial charge is 0.294 e. The molecule has 0 heterocycles. The fraction of sp³-hybridized carbons (Fsp3) is 0.571. The van der Waals surface area contributed by atoms with Crippen molar-refractivity contribution in [3.63, 3.8) is 0 Å². The molecule has 18 heavy (non-hydrogen) atoms. The van der Waals surface area contributed by atoms with Crippen LogP contribution in [0.3, 0.4) is 0 Å². The molecule has 0 aliphatic heterocycles. The van der Waals surface area contributed by atoms with E-state index < -0.39 is 10.5 Å². The number of nitrogens with zero attached hydrogens (tertiary/aromatic N) is 1.